The Bertz CT molecular complexity index is 1200. The summed E-state index contributed by atoms with van der Waals surface area (Å²) in [6.07, 6.45) is 4.33. The number of pyridine rings is 1. The third kappa shape index (κ3) is 4.85. The summed E-state index contributed by atoms with van der Waals surface area (Å²) < 4.78 is 13.5. The van der Waals surface area contributed by atoms with E-state index in [0.717, 1.165) is 11.3 Å². The maximum Gasteiger partial charge on any atom is 0.358 e. The van der Waals surface area contributed by atoms with Crippen molar-refractivity contribution in [3.8, 4) is 5.69 Å². The Morgan fingerprint density at radius 2 is 1.90 bits per heavy atom. The van der Waals surface area contributed by atoms with E-state index in [-0.39, 0.29) is 11.1 Å². The Morgan fingerprint density at radius 1 is 1.19 bits per heavy atom. The van der Waals surface area contributed by atoms with Crippen LogP contribution in [0.5, 0.6) is 0 Å². The average molecular weight is 442 g/mol. The number of carboxylic acid groups (broad SMARTS) is 1. The zero-order valence-corrected chi connectivity index (χ0v) is 18.6. The first-order chi connectivity index (χ1) is 14.5. The van der Waals surface area contributed by atoms with Crippen LogP contribution in [0.4, 0.5) is 5.69 Å². The first kappa shape index (κ1) is 22.3. The molecule has 0 saturated heterocycles. The second-order valence-corrected chi connectivity index (χ2v) is 9.43. The second-order valence-electron chi connectivity index (χ2n) is 8.08. The third-order valence-corrected chi connectivity index (χ3v) is 5.57. The van der Waals surface area contributed by atoms with E-state index in [1.807, 2.05) is 27.7 Å². The molecule has 3 aromatic rings. The first-order valence-electron chi connectivity index (χ1n) is 9.39. The summed E-state index contributed by atoms with van der Waals surface area (Å²) in [5, 5.41) is 19.3. The molecule has 0 aliphatic rings. The topological polar surface area (TPSA) is 127 Å². The predicted molar refractivity (Wildman–Crippen MR) is 116 cm³/mol. The van der Waals surface area contributed by atoms with Crippen LogP contribution < -0.4 is 5.32 Å². The minimum absolute atomic E-state index is 0.198. The molecule has 0 aliphatic heterocycles. The average Bonchev–Trinajstić information content (AvgIpc) is 3.17. The van der Waals surface area contributed by atoms with Gasteiger partial charge < -0.3 is 10.4 Å². The fraction of sp³-hybridized carbons (Fsp3) is 0.286. The summed E-state index contributed by atoms with van der Waals surface area (Å²) in [6, 6.07) is 6.72. The molecule has 2 N–H and O–H groups in total. The molecule has 9 nitrogen and oxygen atoms in total. The maximum absolute atomic E-state index is 13.0. The number of nitrogens with one attached hydrogen (secondary N) is 1. The minimum Gasteiger partial charge on any atom is -0.476 e. The summed E-state index contributed by atoms with van der Waals surface area (Å²) in [7, 11) is -1.34. The van der Waals surface area contributed by atoms with Gasteiger partial charge in [0.15, 0.2) is 5.69 Å². The van der Waals surface area contributed by atoms with Crippen molar-refractivity contribution in [2.45, 2.75) is 38.0 Å². The number of carboxylic acids is 1. The lowest BCUT2D eigenvalue weighted by molar-refractivity contribution is 0.0690. The van der Waals surface area contributed by atoms with E-state index in [0.29, 0.717) is 21.8 Å². The summed E-state index contributed by atoms with van der Waals surface area (Å²) in [5.74, 6) is -1.59. The highest BCUT2D eigenvalue weighted by atomic mass is 32.2. The van der Waals surface area contributed by atoms with Crippen molar-refractivity contribution in [2.75, 3.05) is 11.6 Å². The van der Waals surface area contributed by atoms with Crippen molar-refractivity contribution in [3.63, 3.8) is 0 Å². The Balaban J connectivity index is 1.97. The van der Waals surface area contributed by atoms with Gasteiger partial charge in [-0.15, -0.1) is 5.10 Å². The molecule has 10 heteroatoms. The molecule has 2 aromatic heterocycles. The van der Waals surface area contributed by atoms with Crippen molar-refractivity contribution in [3.05, 3.63) is 59.2 Å². The van der Waals surface area contributed by atoms with Crippen LogP contribution in [0, 0.1) is 6.92 Å². The van der Waals surface area contributed by atoms with Crippen molar-refractivity contribution >= 4 is 28.4 Å². The van der Waals surface area contributed by atoms with E-state index in [2.05, 4.69) is 20.6 Å². The first-order valence-corrected chi connectivity index (χ1v) is 10.9. The van der Waals surface area contributed by atoms with Gasteiger partial charge in [0, 0.05) is 29.1 Å². The fourth-order valence-corrected chi connectivity index (χ4v) is 3.47. The number of aryl methyl sites for hydroxylation is 1. The molecule has 1 atom stereocenters. The van der Waals surface area contributed by atoms with E-state index in [9.17, 15) is 13.8 Å². The Morgan fingerprint density at radius 3 is 2.48 bits per heavy atom. The number of carbonyl (C=O) groups is 2. The monoisotopic (exact) mass is 441 g/mol. The number of aromatic carboxylic acids is 1. The number of amides is 1. The lowest BCUT2D eigenvalue weighted by Gasteiger charge is -2.20. The number of hydrogen-bond acceptors (Lipinski definition) is 6. The zero-order valence-electron chi connectivity index (χ0n) is 17.8. The van der Waals surface area contributed by atoms with Crippen LogP contribution in [0.25, 0.3) is 5.69 Å². The van der Waals surface area contributed by atoms with Gasteiger partial charge in [-0.25, -0.2) is 9.48 Å². The normalized spacial score (nSPS) is 12.4. The number of aromatic nitrogens is 4. The van der Waals surface area contributed by atoms with E-state index in [1.165, 1.54) is 23.3 Å². The van der Waals surface area contributed by atoms with Crippen molar-refractivity contribution in [2.24, 2.45) is 0 Å². The van der Waals surface area contributed by atoms with Crippen molar-refractivity contribution in [1.29, 1.82) is 0 Å². The molecule has 3 rings (SSSR count). The van der Waals surface area contributed by atoms with Crippen LogP contribution in [-0.4, -0.2) is 47.4 Å². The fourth-order valence-electron chi connectivity index (χ4n) is 2.85. The molecule has 162 valence electrons. The minimum atomic E-state index is -1.34. The molecular formula is C21H23N5O4S. The SMILES string of the molecule is Cc1ccc(C(=O)Nc2cc(C(C)(C)C)ncc2S(C)=O)cc1-n1cc(C(=O)O)nn1. The summed E-state index contributed by atoms with van der Waals surface area (Å²) in [6.45, 7) is 7.81. The van der Waals surface area contributed by atoms with Gasteiger partial charge in [-0.05, 0) is 30.7 Å². The number of anilines is 1. The standard InChI is InChI=1S/C21H23N5O4S/c1-12-6-7-13(8-16(12)26-11-15(20(28)29)24-25-26)19(27)23-14-9-18(21(2,3)4)22-10-17(14)31(5)30/h6-11H,1-5H3,(H,28,29)(H,22,23,27). The van der Waals surface area contributed by atoms with Crippen LogP contribution in [0.2, 0.25) is 0 Å². The molecule has 0 spiro atoms. The van der Waals surface area contributed by atoms with Gasteiger partial charge in [-0.3, -0.25) is 14.0 Å². The van der Waals surface area contributed by atoms with Gasteiger partial charge in [0.05, 0.1) is 33.3 Å². The third-order valence-electron chi connectivity index (χ3n) is 4.62. The van der Waals surface area contributed by atoms with Crippen LogP contribution in [0.1, 0.15) is 52.9 Å². The summed E-state index contributed by atoms with van der Waals surface area (Å²) >= 11 is 0. The predicted octanol–water partition coefficient (Wildman–Crippen LogP) is 2.96. The summed E-state index contributed by atoms with van der Waals surface area (Å²) in [5.41, 5.74) is 2.38. The number of benzene rings is 1. The largest absolute Gasteiger partial charge is 0.476 e. The Labute approximate surface area is 182 Å². The molecule has 2 heterocycles. The number of rotatable bonds is 5. The summed E-state index contributed by atoms with van der Waals surface area (Å²) in [4.78, 5) is 28.9. The molecule has 0 aliphatic carbocycles. The number of hydrogen-bond donors (Lipinski definition) is 2. The highest BCUT2D eigenvalue weighted by Gasteiger charge is 2.20. The molecule has 1 amide bonds. The lowest BCUT2D eigenvalue weighted by Crippen LogP contribution is -2.18. The molecule has 0 fully saturated rings. The quantitative estimate of drug-likeness (QED) is 0.623. The van der Waals surface area contributed by atoms with Crippen LogP contribution in [0.3, 0.4) is 0 Å². The smallest absolute Gasteiger partial charge is 0.358 e. The zero-order chi connectivity index (χ0) is 22.9. The lowest BCUT2D eigenvalue weighted by atomic mass is 9.91. The second kappa shape index (κ2) is 8.38. The van der Waals surface area contributed by atoms with Crippen LogP contribution >= 0.6 is 0 Å². The Kier molecular flexibility index (Phi) is 6.03. The van der Waals surface area contributed by atoms with Crippen LogP contribution in [-0.2, 0) is 16.2 Å². The molecule has 1 aromatic carbocycles. The number of carbonyl (C=O) groups excluding carboxylic acids is 1. The van der Waals surface area contributed by atoms with Gasteiger partial charge in [-0.1, -0.05) is 32.1 Å². The maximum atomic E-state index is 13.0. The van der Waals surface area contributed by atoms with E-state index in [1.54, 1.807) is 24.3 Å². The molecular weight excluding hydrogens is 418 g/mol. The molecule has 31 heavy (non-hydrogen) atoms. The van der Waals surface area contributed by atoms with Gasteiger partial charge in [-0.2, -0.15) is 0 Å². The van der Waals surface area contributed by atoms with Gasteiger partial charge >= 0.3 is 5.97 Å². The van der Waals surface area contributed by atoms with E-state index >= 15 is 0 Å². The molecule has 1 unspecified atom stereocenters. The molecule has 0 radical (unpaired) electrons. The molecule has 0 bridgehead atoms. The van der Waals surface area contributed by atoms with Crippen LogP contribution in [0.15, 0.2) is 41.6 Å². The van der Waals surface area contributed by atoms with Gasteiger partial charge in [0.2, 0.25) is 0 Å². The van der Waals surface area contributed by atoms with E-state index < -0.39 is 22.7 Å². The van der Waals surface area contributed by atoms with Crippen molar-refractivity contribution in [1.82, 2.24) is 20.0 Å². The highest BCUT2D eigenvalue weighted by Crippen LogP contribution is 2.27. The van der Waals surface area contributed by atoms with E-state index in [4.69, 9.17) is 5.11 Å². The van der Waals surface area contributed by atoms with Gasteiger partial charge in [0.1, 0.15) is 0 Å². The van der Waals surface area contributed by atoms with Gasteiger partial charge in [0.25, 0.3) is 5.91 Å². The van der Waals surface area contributed by atoms with Crippen molar-refractivity contribution < 1.29 is 18.9 Å². The number of nitrogens with zero attached hydrogens (tertiary/aromatic N) is 4. The molecule has 0 saturated carbocycles. The Hall–Kier alpha value is -3.40. The highest BCUT2D eigenvalue weighted by molar-refractivity contribution is 7.84.